The minimum Gasteiger partial charge on any atom is -0.490 e. The van der Waals surface area contributed by atoms with Gasteiger partial charge in [-0.2, -0.15) is 9.78 Å². The van der Waals surface area contributed by atoms with Crippen LogP contribution < -0.4 is 15.0 Å². The molecule has 0 saturated heterocycles. The smallest absolute Gasteiger partial charge is 0.282 e. The van der Waals surface area contributed by atoms with Crippen LogP contribution in [0.2, 0.25) is 0 Å². The summed E-state index contributed by atoms with van der Waals surface area (Å²) >= 11 is 7.06. The summed E-state index contributed by atoms with van der Waals surface area (Å²) in [5.74, 6) is 1.98. The zero-order valence-corrected chi connectivity index (χ0v) is 23.7. The molecule has 0 spiro atoms. The van der Waals surface area contributed by atoms with E-state index in [2.05, 4.69) is 64.7 Å². The van der Waals surface area contributed by atoms with Crippen LogP contribution in [0.15, 0.2) is 49.2 Å². The van der Waals surface area contributed by atoms with Gasteiger partial charge < -0.3 is 9.47 Å². The van der Waals surface area contributed by atoms with Crippen LogP contribution in [0, 0.1) is 5.41 Å². The molecule has 2 aromatic carbocycles. The van der Waals surface area contributed by atoms with Gasteiger partial charge in [-0.1, -0.05) is 50.5 Å². The first kappa shape index (κ1) is 26.4. The Hall–Kier alpha value is -2.19. The Labute approximate surface area is 217 Å². The van der Waals surface area contributed by atoms with Crippen LogP contribution in [0.25, 0.3) is 10.9 Å². The van der Waals surface area contributed by atoms with Crippen LogP contribution in [0.4, 0.5) is 0 Å². The van der Waals surface area contributed by atoms with E-state index in [9.17, 15) is 4.79 Å². The molecule has 182 valence electrons. The van der Waals surface area contributed by atoms with E-state index in [1.807, 2.05) is 38.1 Å². The summed E-state index contributed by atoms with van der Waals surface area (Å²) in [4.78, 5) is 18.1. The first-order valence-electron chi connectivity index (χ1n) is 11.4. The number of aromatic nitrogens is 2. The van der Waals surface area contributed by atoms with Crippen LogP contribution >= 0.6 is 31.9 Å². The van der Waals surface area contributed by atoms with Gasteiger partial charge in [-0.25, -0.2) is 4.98 Å². The van der Waals surface area contributed by atoms with Crippen molar-refractivity contribution >= 4 is 49.0 Å². The Morgan fingerprint density at radius 1 is 1.15 bits per heavy atom. The van der Waals surface area contributed by atoms with E-state index in [0.717, 1.165) is 20.9 Å². The van der Waals surface area contributed by atoms with Gasteiger partial charge in [-0.3, -0.25) is 4.79 Å². The molecular weight excluding hydrogens is 562 g/mol. The van der Waals surface area contributed by atoms with Crippen molar-refractivity contribution in [3.63, 3.8) is 0 Å². The summed E-state index contributed by atoms with van der Waals surface area (Å²) in [6, 6.07) is 9.29. The first-order valence-corrected chi connectivity index (χ1v) is 13.0. The quantitative estimate of drug-likeness (QED) is 0.261. The largest absolute Gasteiger partial charge is 0.490 e. The summed E-state index contributed by atoms with van der Waals surface area (Å²) in [6.07, 6.45) is 2.49. The fourth-order valence-electron chi connectivity index (χ4n) is 3.26. The van der Waals surface area contributed by atoms with Crippen molar-refractivity contribution in [3.05, 3.63) is 61.0 Å². The minimum absolute atomic E-state index is 0.00860. The summed E-state index contributed by atoms with van der Waals surface area (Å²) in [5.41, 5.74) is 1.24. The van der Waals surface area contributed by atoms with Gasteiger partial charge in [-0.15, -0.1) is 0 Å². The number of hydrogen-bond donors (Lipinski definition) is 0. The van der Waals surface area contributed by atoms with Gasteiger partial charge in [0.1, 0.15) is 5.82 Å². The lowest BCUT2D eigenvalue weighted by molar-refractivity contribution is 0.187. The third-order valence-electron chi connectivity index (χ3n) is 5.19. The van der Waals surface area contributed by atoms with Gasteiger partial charge in [0.15, 0.2) is 11.5 Å². The van der Waals surface area contributed by atoms with Crippen LogP contribution in [-0.2, 0) is 0 Å². The Balaban J connectivity index is 2.08. The molecule has 3 aromatic rings. The van der Waals surface area contributed by atoms with E-state index >= 15 is 0 Å². The fourth-order valence-corrected chi connectivity index (χ4v) is 4.19. The average molecular weight is 593 g/mol. The van der Waals surface area contributed by atoms with Crippen LogP contribution in [-0.4, -0.2) is 29.1 Å². The lowest BCUT2D eigenvalue weighted by Gasteiger charge is -2.21. The van der Waals surface area contributed by atoms with Gasteiger partial charge in [0.25, 0.3) is 5.56 Å². The molecule has 0 radical (unpaired) electrons. The van der Waals surface area contributed by atoms with E-state index in [1.54, 1.807) is 12.3 Å². The van der Waals surface area contributed by atoms with Gasteiger partial charge >= 0.3 is 0 Å². The molecule has 0 amide bonds. The summed E-state index contributed by atoms with van der Waals surface area (Å²) in [5, 5.41) is 5.08. The highest BCUT2D eigenvalue weighted by molar-refractivity contribution is 9.10. The second-order valence-electron chi connectivity index (χ2n) is 9.41. The molecule has 1 heterocycles. The van der Waals surface area contributed by atoms with Crippen molar-refractivity contribution < 1.29 is 9.47 Å². The summed E-state index contributed by atoms with van der Waals surface area (Å²) in [7, 11) is 0. The third-order valence-corrected chi connectivity index (χ3v) is 6.27. The molecule has 1 atom stereocenters. The highest BCUT2D eigenvalue weighted by atomic mass is 79.9. The molecule has 0 aliphatic rings. The topological polar surface area (TPSA) is 65.7 Å². The number of nitrogens with zero attached hydrogens (tertiary/aromatic N) is 3. The highest BCUT2D eigenvalue weighted by Crippen LogP contribution is 2.37. The van der Waals surface area contributed by atoms with Crippen molar-refractivity contribution in [3.8, 4) is 11.5 Å². The van der Waals surface area contributed by atoms with E-state index in [0.29, 0.717) is 41.4 Å². The van der Waals surface area contributed by atoms with Crippen molar-refractivity contribution in [1.29, 1.82) is 0 Å². The molecule has 8 heteroatoms. The number of fused-ring (bicyclic) bond motifs is 1. The number of halogens is 2. The zero-order chi connectivity index (χ0) is 25.0. The predicted molar refractivity (Wildman–Crippen MR) is 146 cm³/mol. The highest BCUT2D eigenvalue weighted by Gasteiger charge is 2.18. The van der Waals surface area contributed by atoms with Crippen LogP contribution in [0.5, 0.6) is 11.5 Å². The average Bonchev–Trinajstić information content (AvgIpc) is 2.77. The van der Waals surface area contributed by atoms with Crippen LogP contribution in [0.3, 0.4) is 0 Å². The number of benzene rings is 2. The summed E-state index contributed by atoms with van der Waals surface area (Å²) < 4.78 is 14.9. The first-order chi connectivity index (χ1) is 16.0. The van der Waals surface area contributed by atoms with Crippen molar-refractivity contribution in [2.45, 2.75) is 53.9 Å². The molecule has 0 fully saturated rings. The molecule has 0 N–H and O–H groups in total. The van der Waals surface area contributed by atoms with Gasteiger partial charge in [0.2, 0.25) is 0 Å². The molecular formula is C26H31Br2N3O3. The van der Waals surface area contributed by atoms with Gasteiger partial charge in [0, 0.05) is 10.4 Å². The predicted octanol–water partition coefficient (Wildman–Crippen LogP) is 7.14. The van der Waals surface area contributed by atoms with Gasteiger partial charge in [0.05, 0.1) is 34.8 Å². The Morgan fingerprint density at radius 2 is 1.88 bits per heavy atom. The van der Waals surface area contributed by atoms with Crippen molar-refractivity contribution in [2.75, 3.05) is 13.2 Å². The van der Waals surface area contributed by atoms with Crippen LogP contribution in [0.1, 0.15) is 65.3 Å². The molecule has 34 heavy (non-hydrogen) atoms. The molecule has 6 nitrogen and oxygen atoms in total. The lowest BCUT2D eigenvalue weighted by atomic mass is 9.99. The Morgan fingerprint density at radius 3 is 2.53 bits per heavy atom. The number of hydrogen-bond acceptors (Lipinski definition) is 5. The maximum atomic E-state index is 13.3. The van der Waals surface area contributed by atoms with Crippen molar-refractivity contribution in [2.24, 2.45) is 10.5 Å². The maximum absolute atomic E-state index is 13.3. The maximum Gasteiger partial charge on any atom is 0.282 e. The lowest BCUT2D eigenvalue weighted by Crippen LogP contribution is -2.23. The van der Waals surface area contributed by atoms with E-state index in [1.165, 1.54) is 4.68 Å². The molecule has 0 bridgehead atoms. The monoisotopic (exact) mass is 591 g/mol. The van der Waals surface area contributed by atoms with E-state index in [4.69, 9.17) is 14.5 Å². The Kier molecular flexibility index (Phi) is 8.57. The van der Waals surface area contributed by atoms with Gasteiger partial charge in [-0.05, 0) is 70.6 Å². The molecule has 0 saturated carbocycles. The van der Waals surface area contributed by atoms with Crippen molar-refractivity contribution in [1.82, 2.24) is 9.66 Å². The second-order valence-corrected chi connectivity index (χ2v) is 11.2. The fraction of sp³-hybridized carbons (Fsp3) is 0.423. The SMILES string of the molecule is CCOc1cc(C=Nn2c([C@@H](C)CC)nc3ccc(Br)cc3c2=O)cc(Br)c1OCC(C)(C)C. The minimum atomic E-state index is -0.202. The second kappa shape index (κ2) is 11.0. The molecule has 0 aliphatic heterocycles. The van der Waals surface area contributed by atoms with E-state index in [-0.39, 0.29) is 16.9 Å². The summed E-state index contributed by atoms with van der Waals surface area (Å²) in [6.45, 7) is 13.4. The standard InChI is InChI=1S/C26H31Br2N3O3/c1-7-16(3)24-30-21-10-9-18(27)13-19(21)25(32)31(24)29-14-17-11-20(28)23(22(12-17)33-8-2)34-15-26(4,5)6/h9-14,16H,7-8,15H2,1-6H3/t16-/m0/s1. The molecule has 3 rings (SSSR count). The molecule has 1 aromatic heterocycles. The molecule has 0 aliphatic carbocycles. The number of rotatable bonds is 8. The Bertz CT molecular complexity index is 1260. The number of ether oxygens (including phenoxy) is 2. The zero-order valence-electron chi connectivity index (χ0n) is 20.5. The third kappa shape index (κ3) is 6.27. The normalized spacial score (nSPS) is 12.9. The molecule has 0 unspecified atom stereocenters. The van der Waals surface area contributed by atoms with E-state index < -0.39 is 0 Å².